The van der Waals surface area contributed by atoms with Gasteiger partial charge in [-0.15, -0.1) is 0 Å². The Hall–Kier alpha value is -1.09. The minimum Gasteiger partial charge on any atom is -0.496 e. The second kappa shape index (κ2) is 5.60. The van der Waals surface area contributed by atoms with Gasteiger partial charge in [0.05, 0.1) is 7.11 Å². The highest BCUT2D eigenvalue weighted by molar-refractivity contribution is 7.80. The van der Waals surface area contributed by atoms with E-state index in [0.717, 1.165) is 29.2 Å². The number of anilines is 1. The summed E-state index contributed by atoms with van der Waals surface area (Å²) in [5.74, 6) is 1.69. The minimum atomic E-state index is 0.747. The molecule has 0 radical (unpaired) electrons. The molecule has 0 atom stereocenters. The number of allylic oxidation sites excluding steroid dienone is 1. The van der Waals surface area contributed by atoms with E-state index in [9.17, 15) is 0 Å². The summed E-state index contributed by atoms with van der Waals surface area (Å²) in [4.78, 5) is 0. The minimum absolute atomic E-state index is 0.747. The molecule has 1 aromatic carbocycles. The summed E-state index contributed by atoms with van der Waals surface area (Å²) >= 11 is 4.13. The average Bonchev–Trinajstić information content (AvgIpc) is 2.19. The molecule has 1 aromatic rings. The maximum atomic E-state index is 5.68. The first kappa shape index (κ1) is 11.0. The Morgan fingerprint density at radius 2 is 2.29 bits per heavy atom. The Morgan fingerprint density at radius 1 is 1.50 bits per heavy atom. The largest absolute Gasteiger partial charge is 0.496 e. The lowest BCUT2D eigenvalue weighted by atomic mass is 10.1. The maximum Gasteiger partial charge on any atom is 0.126 e. The van der Waals surface area contributed by atoms with Crippen LogP contribution in [0.25, 0.3) is 6.08 Å². The number of ether oxygens (including phenoxy) is 1. The fourth-order valence-corrected chi connectivity index (χ4v) is 1.32. The number of benzene rings is 1. The monoisotopic (exact) mass is 209 g/mol. The summed E-state index contributed by atoms with van der Waals surface area (Å²) in [7, 11) is 1.65. The van der Waals surface area contributed by atoms with Crippen molar-refractivity contribution in [1.29, 1.82) is 0 Å². The van der Waals surface area contributed by atoms with Gasteiger partial charge in [0.2, 0.25) is 0 Å². The molecule has 0 heterocycles. The van der Waals surface area contributed by atoms with Crippen molar-refractivity contribution in [3.8, 4) is 5.75 Å². The molecule has 0 amide bonds. The van der Waals surface area contributed by atoms with Gasteiger partial charge in [-0.1, -0.05) is 12.2 Å². The van der Waals surface area contributed by atoms with Crippen molar-refractivity contribution in [2.45, 2.75) is 6.42 Å². The van der Waals surface area contributed by atoms with Crippen LogP contribution < -0.4 is 10.5 Å². The van der Waals surface area contributed by atoms with Crippen LogP contribution in [0.15, 0.2) is 24.3 Å². The molecule has 0 spiro atoms. The van der Waals surface area contributed by atoms with Crippen LogP contribution in [0.4, 0.5) is 5.69 Å². The Labute approximate surface area is 90.2 Å². The van der Waals surface area contributed by atoms with Gasteiger partial charge < -0.3 is 10.5 Å². The van der Waals surface area contributed by atoms with Crippen LogP contribution in [0.3, 0.4) is 0 Å². The van der Waals surface area contributed by atoms with E-state index in [-0.39, 0.29) is 0 Å². The number of nitrogens with two attached hydrogens (primary N) is 1. The third-order valence-corrected chi connectivity index (χ3v) is 2.11. The number of rotatable bonds is 4. The van der Waals surface area contributed by atoms with Gasteiger partial charge in [0.25, 0.3) is 0 Å². The van der Waals surface area contributed by atoms with Crippen LogP contribution in [0.2, 0.25) is 0 Å². The van der Waals surface area contributed by atoms with Crippen LogP contribution in [0, 0.1) is 0 Å². The fraction of sp³-hybridized carbons (Fsp3) is 0.273. The van der Waals surface area contributed by atoms with Crippen LogP contribution in [-0.4, -0.2) is 12.9 Å². The SMILES string of the molecule is COc1ccc(N)cc1C=CCCS. The van der Waals surface area contributed by atoms with Gasteiger partial charge >= 0.3 is 0 Å². The van der Waals surface area contributed by atoms with Gasteiger partial charge in [0, 0.05) is 11.3 Å². The highest BCUT2D eigenvalue weighted by Crippen LogP contribution is 2.22. The van der Waals surface area contributed by atoms with E-state index in [0.29, 0.717) is 0 Å². The molecule has 3 heteroatoms. The van der Waals surface area contributed by atoms with Crippen LogP contribution >= 0.6 is 12.6 Å². The molecule has 2 nitrogen and oxygen atoms in total. The van der Waals surface area contributed by atoms with E-state index >= 15 is 0 Å². The zero-order valence-electron chi connectivity index (χ0n) is 8.23. The van der Waals surface area contributed by atoms with Crippen molar-refractivity contribution in [3.63, 3.8) is 0 Å². The third kappa shape index (κ3) is 3.00. The molecule has 0 aromatic heterocycles. The molecule has 0 aliphatic rings. The summed E-state index contributed by atoms with van der Waals surface area (Å²) in [5.41, 5.74) is 7.44. The average molecular weight is 209 g/mol. The van der Waals surface area contributed by atoms with E-state index < -0.39 is 0 Å². The summed E-state index contributed by atoms with van der Waals surface area (Å²) < 4.78 is 5.21. The lowest BCUT2D eigenvalue weighted by Crippen LogP contribution is -1.90. The van der Waals surface area contributed by atoms with Crippen LogP contribution in [0.1, 0.15) is 12.0 Å². The number of methoxy groups -OCH3 is 1. The van der Waals surface area contributed by atoms with Gasteiger partial charge in [0.15, 0.2) is 0 Å². The zero-order chi connectivity index (χ0) is 10.4. The normalized spacial score (nSPS) is 10.7. The topological polar surface area (TPSA) is 35.2 Å². The Morgan fingerprint density at radius 3 is 2.93 bits per heavy atom. The molecule has 2 N–H and O–H groups in total. The van der Waals surface area contributed by atoms with Crippen molar-refractivity contribution < 1.29 is 4.74 Å². The molecule has 0 unspecified atom stereocenters. The number of nitrogen functional groups attached to an aromatic ring is 1. The molecule has 0 aliphatic carbocycles. The molecule has 0 saturated carbocycles. The third-order valence-electron chi connectivity index (χ3n) is 1.85. The molecule has 76 valence electrons. The molecule has 1 rings (SSSR count). The number of thiol groups is 1. The Balaban J connectivity index is 2.87. The lowest BCUT2D eigenvalue weighted by Gasteiger charge is -2.05. The van der Waals surface area contributed by atoms with E-state index in [1.165, 1.54) is 0 Å². The summed E-state index contributed by atoms with van der Waals surface area (Å²) in [6.07, 6.45) is 5.01. The van der Waals surface area contributed by atoms with Crippen molar-refractivity contribution in [1.82, 2.24) is 0 Å². The van der Waals surface area contributed by atoms with Gasteiger partial charge in [-0.05, 0) is 30.4 Å². The quantitative estimate of drug-likeness (QED) is 0.590. The van der Waals surface area contributed by atoms with Gasteiger partial charge in [-0.2, -0.15) is 12.6 Å². The van der Waals surface area contributed by atoms with E-state index in [1.54, 1.807) is 7.11 Å². The predicted octanol–water partition coefficient (Wildman–Crippen LogP) is 2.61. The number of hydrogen-bond acceptors (Lipinski definition) is 3. The van der Waals surface area contributed by atoms with Gasteiger partial charge in [-0.25, -0.2) is 0 Å². The first-order valence-electron chi connectivity index (χ1n) is 4.49. The molecular formula is C11H15NOS. The summed E-state index contributed by atoms with van der Waals surface area (Å²) in [5, 5.41) is 0. The van der Waals surface area contributed by atoms with Crippen LogP contribution in [-0.2, 0) is 0 Å². The predicted molar refractivity (Wildman–Crippen MR) is 64.9 cm³/mol. The first-order chi connectivity index (χ1) is 6.77. The van der Waals surface area contributed by atoms with Gasteiger partial charge in [-0.3, -0.25) is 0 Å². The standard InChI is InChI=1S/C11H15NOS/c1-13-11-6-5-10(12)8-9(11)4-2-3-7-14/h2,4-6,8,14H,3,7,12H2,1H3. The molecule has 0 fully saturated rings. The number of hydrogen-bond donors (Lipinski definition) is 2. The van der Waals surface area contributed by atoms with Crippen molar-refractivity contribution in [2.75, 3.05) is 18.6 Å². The molecule has 0 saturated heterocycles. The summed E-state index contributed by atoms with van der Waals surface area (Å²) in [6, 6.07) is 5.60. The molecule has 0 bridgehead atoms. The smallest absolute Gasteiger partial charge is 0.126 e. The lowest BCUT2D eigenvalue weighted by molar-refractivity contribution is 0.414. The van der Waals surface area contributed by atoms with E-state index in [1.807, 2.05) is 24.3 Å². The molecule has 0 aliphatic heterocycles. The Kier molecular flexibility index (Phi) is 4.40. The fourth-order valence-electron chi connectivity index (χ4n) is 1.17. The highest BCUT2D eigenvalue weighted by Gasteiger charge is 1.98. The zero-order valence-corrected chi connectivity index (χ0v) is 9.13. The van der Waals surface area contributed by atoms with Crippen molar-refractivity contribution in [2.24, 2.45) is 0 Å². The molecular weight excluding hydrogens is 194 g/mol. The Bertz CT molecular complexity index is 323. The maximum absolute atomic E-state index is 5.68. The molecule has 14 heavy (non-hydrogen) atoms. The first-order valence-corrected chi connectivity index (χ1v) is 5.12. The van der Waals surface area contributed by atoms with Gasteiger partial charge in [0.1, 0.15) is 5.75 Å². The van der Waals surface area contributed by atoms with Crippen molar-refractivity contribution >= 4 is 24.4 Å². The van der Waals surface area contributed by atoms with Crippen molar-refractivity contribution in [3.05, 3.63) is 29.8 Å². The van der Waals surface area contributed by atoms with Crippen LogP contribution in [0.5, 0.6) is 5.75 Å². The second-order valence-electron chi connectivity index (χ2n) is 2.92. The van der Waals surface area contributed by atoms with E-state index in [2.05, 4.69) is 18.7 Å². The highest BCUT2D eigenvalue weighted by atomic mass is 32.1. The second-order valence-corrected chi connectivity index (χ2v) is 3.36. The van der Waals surface area contributed by atoms with E-state index in [4.69, 9.17) is 10.5 Å². The summed E-state index contributed by atoms with van der Waals surface area (Å²) in [6.45, 7) is 0.